The molecule has 0 saturated carbocycles. The third kappa shape index (κ3) is 5.89. The van der Waals surface area contributed by atoms with Crippen molar-refractivity contribution in [1.29, 1.82) is 0 Å². The fraction of sp³-hybridized carbons (Fsp3) is 0.176. The van der Waals surface area contributed by atoms with E-state index in [4.69, 9.17) is 21.1 Å². The van der Waals surface area contributed by atoms with Crippen LogP contribution in [0.5, 0.6) is 5.75 Å². The van der Waals surface area contributed by atoms with Gasteiger partial charge in [-0.25, -0.2) is 4.79 Å². The van der Waals surface area contributed by atoms with Gasteiger partial charge in [0.2, 0.25) is 5.82 Å². The van der Waals surface area contributed by atoms with Crippen LogP contribution in [0.1, 0.15) is 6.92 Å². The molecule has 0 bridgehead atoms. The average Bonchev–Trinajstić information content (AvgIpc) is 2.62. The van der Waals surface area contributed by atoms with Gasteiger partial charge in [-0.3, -0.25) is 14.9 Å². The summed E-state index contributed by atoms with van der Waals surface area (Å²) >= 11 is 9.03. The first-order valence-electron chi connectivity index (χ1n) is 7.69. The lowest BCUT2D eigenvalue weighted by Gasteiger charge is -2.14. The van der Waals surface area contributed by atoms with Crippen molar-refractivity contribution >= 4 is 50.8 Å². The largest absolute Gasteiger partial charge is 0.481 e. The maximum atomic E-state index is 13.3. The number of nitrogens with zero attached hydrogens (tertiary/aromatic N) is 1. The summed E-state index contributed by atoms with van der Waals surface area (Å²) < 4.78 is 24.1. The monoisotopic (exact) mass is 474 g/mol. The van der Waals surface area contributed by atoms with E-state index in [9.17, 15) is 24.1 Å². The van der Waals surface area contributed by atoms with Gasteiger partial charge in [0.25, 0.3) is 5.91 Å². The number of nitro benzene ring substituents is 1. The van der Waals surface area contributed by atoms with Crippen molar-refractivity contribution in [2.75, 3.05) is 11.9 Å². The zero-order valence-electron chi connectivity index (χ0n) is 14.3. The second-order valence-electron chi connectivity index (χ2n) is 5.41. The quantitative estimate of drug-likeness (QED) is 0.367. The number of benzene rings is 2. The van der Waals surface area contributed by atoms with E-state index in [1.54, 1.807) is 18.2 Å². The van der Waals surface area contributed by atoms with Gasteiger partial charge >= 0.3 is 11.7 Å². The van der Waals surface area contributed by atoms with Crippen LogP contribution in [-0.2, 0) is 14.3 Å². The van der Waals surface area contributed by atoms with Crippen LogP contribution in [0.25, 0.3) is 0 Å². The van der Waals surface area contributed by atoms with Crippen LogP contribution >= 0.6 is 27.5 Å². The molecule has 0 aliphatic rings. The van der Waals surface area contributed by atoms with Gasteiger partial charge in [0.05, 0.1) is 9.40 Å². The smallest absolute Gasteiger partial charge is 0.344 e. The van der Waals surface area contributed by atoms with Gasteiger partial charge < -0.3 is 14.8 Å². The number of esters is 1. The van der Waals surface area contributed by atoms with Gasteiger partial charge in [-0.05, 0) is 53.2 Å². The molecule has 0 radical (unpaired) electrons. The van der Waals surface area contributed by atoms with Crippen molar-refractivity contribution in [3.05, 3.63) is 61.8 Å². The molecule has 1 N–H and O–H groups in total. The lowest BCUT2D eigenvalue weighted by Crippen LogP contribution is -2.31. The standard InChI is InChI=1S/C17H13BrClFN2O6/c1-9(17(24)21-11-3-4-13(20)14(7-11)22(25)26)28-16(23)8-27-15-5-2-10(19)6-12(15)18/h2-7,9H,8H2,1H3,(H,21,24). The van der Waals surface area contributed by atoms with Gasteiger partial charge in [0, 0.05) is 16.8 Å². The van der Waals surface area contributed by atoms with Crippen molar-refractivity contribution in [2.45, 2.75) is 13.0 Å². The molecule has 0 aliphatic carbocycles. The summed E-state index contributed by atoms with van der Waals surface area (Å²) in [5.41, 5.74) is -0.799. The molecule has 0 heterocycles. The number of nitrogens with one attached hydrogen (secondary N) is 1. The number of rotatable bonds is 7. The topological polar surface area (TPSA) is 108 Å². The highest BCUT2D eigenvalue weighted by molar-refractivity contribution is 9.10. The Kier molecular flexibility index (Phi) is 7.30. The highest BCUT2D eigenvalue weighted by Gasteiger charge is 2.21. The Morgan fingerprint density at radius 3 is 2.68 bits per heavy atom. The summed E-state index contributed by atoms with van der Waals surface area (Å²) in [6.45, 7) is 0.850. The van der Waals surface area contributed by atoms with E-state index in [0.29, 0.717) is 15.2 Å². The van der Waals surface area contributed by atoms with Crippen LogP contribution in [0.3, 0.4) is 0 Å². The number of halogens is 3. The van der Waals surface area contributed by atoms with E-state index in [1.807, 2.05) is 0 Å². The molecule has 28 heavy (non-hydrogen) atoms. The number of hydrogen-bond donors (Lipinski definition) is 1. The SMILES string of the molecule is CC(OC(=O)COc1ccc(Cl)cc1Br)C(=O)Nc1ccc(F)c([N+](=O)[O-])c1. The second-order valence-corrected chi connectivity index (χ2v) is 6.70. The Labute approximate surface area is 171 Å². The van der Waals surface area contributed by atoms with Crippen molar-refractivity contribution < 1.29 is 28.4 Å². The fourth-order valence-electron chi connectivity index (χ4n) is 1.99. The molecular weight excluding hydrogens is 463 g/mol. The summed E-state index contributed by atoms with van der Waals surface area (Å²) in [6.07, 6.45) is -1.21. The van der Waals surface area contributed by atoms with E-state index in [2.05, 4.69) is 21.2 Å². The summed E-state index contributed by atoms with van der Waals surface area (Å²) in [6, 6.07) is 7.57. The fourth-order valence-corrected chi connectivity index (χ4v) is 2.79. The third-order valence-corrected chi connectivity index (χ3v) is 4.18. The van der Waals surface area contributed by atoms with E-state index < -0.39 is 41.0 Å². The number of hydrogen-bond acceptors (Lipinski definition) is 6. The van der Waals surface area contributed by atoms with Crippen molar-refractivity contribution in [3.63, 3.8) is 0 Å². The zero-order chi connectivity index (χ0) is 20.8. The Hall–Kier alpha value is -2.72. The summed E-state index contributed by atoms with van der Waals surface area (Å²) in [7, 11) is 0. The third-order valence-electron chi connectivity index (χ3n) is 3.33. The summed E-state index contributed by atoms with van der Waals surface area (Å²) in [5, 5.41) is 13.5. The number of nitro groups is 1. The van der Waals surface area contributed by atoms with Gasteiger partial charge in [0.1, 0.15) is 5.75 Å². The van der Waals surface area contributed by atoms with Gasteiger partial charge in [-0.15, -0.1) is 0 Å². The molecule has 1 amide bonds. The Morgan fingerprint density at radius 2 is 2.04 bits per heavy atom. The van der Waals surface area contributed by atoms with E-state index in [-0.39, 0.29) is 5.69 Å². The zero-order valence-corrected chi connectivity index (χ0v) is 16.6. The van der Waals surface area contributed by atoms with Crippen molar-refractivity contribution in [3.8, 4) is 5.75 Å². The molecule has 0 spiro atoms. The van der Waals surface area contributed by atoms with Crippen LogP contribution in [0.4, 0.5) is 15.8 Å². The Bertz CT molecular complexity index is 927. The number of amides is 1. The number of carbonyl (C=O) groups is 2. The van der Waals surface area contributed by atoms with E-state index >= 15 is 0 Å². The number of ether oxygens (including phenoxy) is 2. The van der Waals surface area contributed by atoms with Crippen molar-refractivity contribution in [2.24, 2.45) is 0 Å². The molecule has 148 valence electrons. The first-order valence-corrected chi connectivity index (χ1v) is 8.86. The van der Waals surface area contributed by atoms with Crippen LogP contribution in [0.15, 0.2) is 40.9 Å². The van der Waals surface area contributed by atoms with Gasteiger partial charge in [-0.1, -0.05) is 11.6 Å². The van der Waals surface area contributed by atoms with E-state index in [1.165, 1.54) is 6.92 Å². The maximum Gasteiger partial charge on any atom is 0.344 e. The lowest BCUT2D eigenvalue weighted by molar-refractivity contribution is -0.387. The molecule has 0 saturated heterocycles. The minimum Gasteiger partial charge on any atom is -0.481 e. The molecule has 2 aromatic rings. The summed E-state index contributed by atoms with van der Waals surface area (Å²) in [5.74, 6) is -2.23. The van der Waals surface area contributed by atoms with Gasteiger partial charge in [-0.2, -0.15) is 4.39 Å². The summed E-state index contributed by atoms with van der Waals surface area (Å²) in [4.78, 5) is 33.7. The molecule has 8 nitrogen and oxygen atoms in total. The molecule has 2 rings (SSSR count). The average molecular weight is 476 g/mol. The highest BCUT2D eigenvalue weighted by atomic mass is 79.9. The minimum atomic E-state index is -1.21. The van der Waals surface area contributed by atoms with Crippen LogP contribution in [-0.4, -0.2) is 29.5 Å². The highest BCUT2D eigenvalue weighted by Crippen LogP contribution is 2.28. The molecule has 1 atom stereocenters. The molecule has 11 heteroatoms. The molecule has 0 aliphatic heterocycles. The predicted molar refractivity (Wildman–Crippen MR) is 102 cm³/mol. The van der Waals surface area contributed by atoms with Crippen LogP contribution in [0, 0.1) is 15.9 Å². The van der Waals surface area contributed by atoms with Gasteiger partial charge in [0.15, 0.2) is 12.7 Å². The molecular formula is C17H13BrClFN2O6. The molecule has 0 fully saturated rings. The normalized spacial score (nSPS) is 11.4. The molecule has 1 unspecified atom stereocenters. The molecule has 0 aromatic heterocycles. The second kappa shape index (κ2) is 9.47. The number of anilines is 1. The van der Waals surface area contributed by atoms with Crippen molar-refractivity contribution in [1.82, 2.24) is 0 Å². The minimum absolute atomic E-state index is 0.0117. The first kappa shape index (κ1) is 21.6. The van der Waals surface area contributed by atoms with Crippen LogP contribution < -0.4 is 10.1 Å². The first-order chi connectivity index (χ1) is 13.2. The maximum absolute atomic E-state index is 13.3. The lowest BCUT2D eigenvalue weighted by atomic mass is 10.2. The Balaban J connectivity index is 1.90. The number of carbonyl (C=O) groups excluding carboxylic acids is 2. The van der Waals surface area contributed by atoms with Crippen LogP contribution in [0.2, 0.25) is 5.02 Å². The van der Waals surface area contributed by atoms with E-state index in [0.717, 1.165) is 18.2 Å². The predicted octanol–water partition coefficient (Wildman–Crippen LogP) is 4.10. The molecule has 2 aromatic carbocycles. The Morgan fingerprint density at radius 1 is 1.32 bits per heavy atom.